The van der Waals surface area contributed by atoms with E-state index in [0.717, 1.165) is 11.6 Å². The molecule has 0 N–H and O–H groups in total. The maximum absolute atomic E-state index is 13.2. The smallest absolute Gasteiger partial charge is 0.416 e. The summed E-state index contributed by atoms with van der Waals surface area (Å²) in [5, 5.41) is 0.951. The van der Waals surface area contributed by atoms with Crippen molar-refractivity contribution < 1.29 is 32.2 Å². The fourth-order valence-electron chi connectivity index (χ4n) is 3.25. The molecule has 2 aliphatic rings. The third kappa shape index (κ3) is 4.05. The van der Waals surface area contributed by atoms with Gasteiger partial charge in [0.1, 0.15) is 23.4 Å². The second-order valence-electron chi connectivity index (χ2n) is 6.78. The van der Waals surface area contributed by atoms with E-state index < -0.39 is 29.0 Å². The Morgan fingerprint density at radius 1 is 1.16 bits per heavy atom. The Balaban J connectivity index is 1.44. The van der Waals surface area contributed by atoms with Gasteiger partial charge in [0.05, 0.1) is 18.2 Å². The quantitative estimate of drug-likeness (QED) is 0.381. The number of methoxy groups -OCH3 is 1. The molecule has 5 nitrogen and oxygen atoms in total. The number of nitrogens with zero attached hydrogens (tertiary/aromatic N) is 1. The van der Waals surface area contributed by atoms with E-state index in [1.807, 2.05) is 0 Å². The summed E-state index contributed by atoms with van der Waals surface area (Å²) in [7, 11) is 1.55. The number of rotatable bonds is 5. The minimum Gasteiger partial charge on any atom is -0.497 e. The van der Waals surface area contributed by atoms with Gasteiger partial charge in [0, 0.05) is 5.41 Å². The van der Waals surface area contributed by atoms with Crippen molar-refractivity contribution >= 4 is 29.7 Å². The Kier molecular flexibility index (Phi) is 5.53. The molecule has 2 heterocycles. The Labute approximate surface area is 180 Å². The van der Waals surface area contributed by atoms with Crippen molar-refractivity contribution in [1.82, 2.24) is 4.90 Å². The van der Waals surface area contributed by atoms with Gasteiger partial charge < -0.3 is 9.47 Å². The number of β-lactam (4-membered cyclic amide) rings is 1. The van der Waals surface area contributed by atoms with Crippen LogP contribution in [0.1, 0.15) is 16.7 Å². The highest BCUT2D eigenvalue weighted by molar-refractivity contribution is 8.03. The highest BCUT2D eigenvalue weighted by Crippen LogP contribution is 2.46. The third-order valence-electron chi connectivity index (χ3n) is 4.85. The first kappa shape index (κ1) is 21.0. The maximum Gasteiger partial charge on any atom is 0.416 e. The van der Waals surface area contributed by atoms with Crippen LogP contribution in [0.15, 0.2) is 65.2 Å². The molecular weight excluding hydrogens is 431 g/mol. The molecule has 0 saturated carbocycles. The fraction of sp³-hybridized carbons (Fsp3) is 0.182. The number of ether oxygens (including phenoxy) is 2. The van der Waals surface area contributed by atoms with Crippen molar-refractivity contribution in [2.24, 2.45) is 0 Å². The van der Waals surface area contributed by atoms with Crippen molar-refractivity contribution in [3.63, 3.8) is 0 Å². The van der Waals surface area contributed by atoms with Crippen LogP contribution in [-0.4, -0.2) is 29.3 Å². The lowest BCUT2D eigenvalue weighted by Crippen LogP contribution is -2.51. The molecule has 0 bridgehead atoms. The lowest BCUT2D eigenvalue weighted by Gasteiger charge is -2.37. The monoisotopic (exact) mass is 447 g/mol. The zero-order chi connectivity index (χ0) is 22.2. The minimum absolute atomic E-state index is 0.0131. The summed E-state index contributed by atoms with van der Waals surface area (Å²) < 4.78 is 50.0. The number of hydrogen-bond acceptors (Lipinski definition) is 5. The summed E-state index contributed by atoms with van der Waals surface area (Å²) in [4.78, 5) is 26.2. The molecule has 0 spiro atoms. The van der Waals surface area contributed by atoms with Crippen molar-refractivity contribution in [3.05, 3.63) is 81.9 Å². The number of carbonyl (C=O) groups excluding carboxylic acids is 2. The lowest BCUT2D eigenvalue weighted by molar-refractivity contribution is -0.146. The first-order valence-electron chi connectivity index (χ1n) is 9.16. The van der Waals surface area contributed by atoms with Gasteiger partial charge in [0.15, 0.2) is 0 Å². The number of fused-ring (bicyclic) bond motifs is 1. The van der Waals surface area contributed by atoms with Gasteiger partial charge in [-0.1, -0.05) is 30.3 Å². The fourth-order valence-corrected chi connectivity index (χ4v) is 4.37. The van der Waals surface area contributed by atoms with E-state index in [1.165, 1.54) is 46.3 Å². The molecule has 0 aliphatic carbocycles. The van der Waals surface area contributed by atoms with Gasteiger partial charge in [-0.15, -0.1) is 11.8 Å². The first-order valence-corrected chi connectivity index (χ1v) is 10.1. The van der Waals surface area contributed by atoms with Gasteiger partial charge in [0.25, 0.3) is 5.91 Å². The lowest BCUT2D eigenvalue weighted by atomic mass is 9.98. The van der Waals surface area contributed by atoms with Crippen LogP contribution in [0.5, 0.6) is 5.75 Å². The highest BCUT2D eigenvalue weighted by Gasteiger charge is 2.50. The van der Waals surface area contributed by atoms with Crippen LogP contribution in [0.25, 0.3) is 6.08 Å². The van der Waals surface area contributed by atoms with E-state index in [2.05, 4.69) is 0 Å². The number of hydrogen-bond donors (Lipinski definition) is 0. The Bertz CT molecular complexity index is 1090. The highest BCUT2D eigenvalue weighted by atomic mass is 32.2. The number of alkyl halides is 3. The minimum atomic E-state index is -4.53. The van der Waals surface area contributed by atoms with Crippen molar-refractivity contribution in [2.75, 3.05) is 7.11 Å². The molecule has 1 atom stereocenters. The van der Waals surface area contributed by atoms with Crippen LogP contribution in [-0.2, 0) is 27.1 Å². The average Bonchev–Trinajstić information content (AvgIpc) is 3.16. The Morgan fingerprint density at radius 2 is 1.87 bits per heavy atom. The molecule has 160 valence electrons. The van der Waals surface area contributed by atoms with E-state index in [9.17, 15) is 22.8 Å². The molecule has 2 aromatic rings. The number of amides is 1. The Morgan fingerprint density at radius 3 is 2.55 bits per heavy atom. The first-order chi connectivity index (χ1) is 14.8. The van der Waals surface area contributed by atoms with Crippen molar-refractivity contribution in [1.29, 1.82) is 0 Å². The largest absolute Gasteiger partial charge is 0.497 e. The van der Waals surface area contributed by atoms with Crippen LogP contribution >= 0.6 is 11.8 Å². The van der Waals surface area contributed by atoms with Crippen LogP contribution < -0.4 is 4.74 Å². The van der Waals surface area contributed by atoms with Gasteiger partial charge in [-0.05, 0) is 35.4 Å². The number of esters is 1. The molecule has 0 unspecified atom stereocenters. The van der Waals surface area contributed by atoms with E-state index in [4.69, 9.17) is 9.47 Å². The molecule has 2 aromatic carbocycles. The van der Waals surface area contributed by atoms with Crippen LogP contribution in [0, 0.1) is 0 Å². The molecule has 31 heavy (non-hydrogen) atoms. The van der Waals surface area contributed by atoms with Crippen molar-refractivity contribution in [3.8, 4) is 5.75 Å². The second kappa shape index (κ2) is 8.14. The number of halogens is 3. The molecule has 1 amide bonds. The predicted molar refractivity (Wildman–Crippen MR) is 109 cm³/mol. The van der Waals surface area contributed by atoms with E-state index >= 15 is 0 Å². The molecular formula is C22H16F3NO4S. The van der Waals surface area contributed by atoms with Gasteiger partial charge in [-0.2, -0.15) is 13.2 Å². The zero-order valence-electron chi connectivity index (χ0n) is 16.2. The van der Waals surface area contributed by atoms with Crippen molar-refractivity contribution in [2.45, 2.75) is 18.2 Å². The Hall–Kier alpha value is -3.20. The third-order valence-corrected chi connectivity index (χ3v) is 5.93. The molecule has 1 fully saturated rings. The van der Waals surface area contributed by atoms with Gasteiger partial charge in [-0.3, -0.25) is 9.69 Å². The summed E-state index contributed by atoms with van der Waals surface area (Å²) in [6, 6.07) is 12.0. The maximum atomic E-state index is 13.2. The van der Waals surface area contributed by atoms with Crippen LogP contribution in [0.2, 0.25) is 0 Å². The zero-order valence-corrected chi connectivity index (χ0v) is 17.0. The number of carbonyl (C=O) groups is 2. The molecule has 2 aliphatic heterocycles. The normalized spacial score (nSPS) is 19.0. The molecule has 0 aromatic heterocycles. The molecule has 0 radical (unpaired) electrons. The van der Waals surface area contributed by atoms with Crippen LogP contribution in [0.4, 0.5) is 13.2 Å². The topological polar surface area (TPSA) is 55.8 Å². The van der Waals surface area contributed by atoms with Gasteiger partial charge >= 0.3 is 12.1 Å². The van der Waals surface area contributed by atoms with Gasteiger partial charge in [-0.25, -0.2) is 4.79 Å². The van der Waals surface area contributed by atoms with Gasteiger partial charge in [0.2, 0.25) is 0 Å². The summed E-state index contributed by atoms with van der Waals surface area (Å²) in [6.45, 7) is 0.0131. The number of thioether (sulfide) groups is 1. The standard InChI is InChI=1S/C22H16F3NO4S/c1-29-15-8-6-13(7-9-15)11-30-21(28)18-12-31-20-16(19(27)26(18)20)10-14-4-2-3-5-17(14)22(23,24)25/h2-10,12,20H,11H2,1H3/t20-/m1/s1. The average molecular weight is 447 g/mol. The molecule has 9 heteroatoms. The summed E-state index contributed by atoms with van der Waals surface area (Å²) in [5.41, 5.74) is 0.125. The summed E-state index contributed by atoms with van der Waals surface area (Å²) in [6.07, 6.45) is -3.30. The molecule has 1 saturated heterocycles. The van der Waals surface area contributed by atoms with E-state index in [0.29, 0.717) is 5.75 Å². The summed E-state index contributed by atoms with van der Waals surface area (Å²) in [5.74, 6) is -0.515. The summed E-state index contributed by atoms with van der Waals surface area (Å²) >= 11 is 1.18. The SMILES string of the molecule is COc1ccc(COC(=O)C2=CS[C@@H]3C(=Cc4ccccc4C(F)(F)F)C(=O)N23)cc1. The van der Waals surface area contributed by atoms with E-state index in [1.54, 1.807) is 31.4 Å². The molecule has 4 rings (SSSR count). The van der Waals surface area contributed by atoms with E-state index in [-0.39, 0.29) is 23.4 Å². The number of benzene rings is 2. The van der Waals surface area contributed by atoms with Crippen LogP contribution in [0.3, 0.4) is 0 Å². The second-order valence-corrected chi connectivity index (χ2v) is 7.73. The predicted octanol–water partition coefficient (Wildman–Crippen LogP) is 4.60.